The molecule has 0 aliphatic heterocycles. The van der Waals surface area contributed by atoms with Crippen LogP contribution in [-0.4, -0.2) is 13.4 Å². The SMILES string of the molecule is Cc1ccc(S(=O)(=O)Nc2ccncc2N)cc1. The number of rotatable bonds is 3. The Hall–Kier alpha value is -2.08. The summed E-state index contributed by atoms with van der Waals surface area (Å²) < 4.78 is 26.6. The molecule has 2 rings (SSSR count). The third-order valence-corrected chi connectivity index (χ3v) is 3.81. The van der Waals surface area contributed by atoms with Crippen molar-refractivity contribution in [3.63, 3.8) is 0 Å². The number of anilines is 2. The Morgan fingerprint density at radius 3 is 2.44 bits per heavy atom. The summed E-state index contributed by atoms with van der Waals surface area (Å²) in [7, 11) is -3.61. The van der Waals surface area contributed by atoms with Gasteiger partial charge in [0.25, 0.3) is 10.0 Å². The van der Waals surface area contributed by atoms with Crippen LogP contribution in [0.3, 0.4) is 0 Å². The topological polar surface area (TPSA) is 85.1 Å². The summed E-state index contributed by atoms with van der Waals surface area (Å²) in [5.41, 5.74) is 7.25. The number of benzene rings is 1. The average molecular weight is 263 g/mol. The molecule has 3 N–H and O–H groups in total. The van der Waals surface area contributed by atoms with E-state index in [2.05, 4.69) is 9.71 Å². The summed E-state index contributed by atoms with van der Waals surface area (Å²) in [6.45, 7) is 1.89. The van der Waals surface area contributed by atoms with E-state index in [1.165, 1.54) is 18.5 Å². The minimum atomic E-state index is -3.61. The first-order valence-corrected chi connectivity index (χ1v) is 6.76. The molecule has 0 bridgehead atoms. The van der Waals surface area contributed by atoms with Crippen molar-refractivity contribution >= 4 is 21.4 Å². The maximum absolute atomic E-state index is 12.1. The highest BCUT2D eigenvalue weighted by molar-refractivity contribution is 7.92. The summed E-state index contributed by atoms with van der Waals surface area (Å²) in [6.07, 6.45) is 2.87. The first-order valence-electron chi connectivity index (χ1n) is 5.28. The average Bonchev–Trinajstić information content (AvgIpc) is 2.32. The molecule has 0 spiro atoms. The number of hydrogen-bond donors (Lipinski definition) is 2. The molecule has 94 valence electrons. The van der Waals surface area contributed by atoms with Gasteiger partial charge in [-0.25, -0.2) is 8.42 Å². The van der Waals surface area contributed by atoms with Gasteiger partial charge < -0.3 is 5.73 Å². The van der Waals surface area contributed by atoms with E-state index < -0.39 is 10.0 Å². The van der Waals surface area contributed by atoms with Crippen LogP contribution in [0.25, 0.3) is 0 Å². The summed E-state index contributed by atoms with van der Waals surface area (Å²) in [4.78, 5) is 4.00. The number of nitrogen functional groups attached to an aromatic ring is 1. The Kier molecular flexibility index (Phi) is 3.20. The highest BCUT2D eigenvalue weighted by Gasteiger charge is 2.14. The van der Waals surface area contributed by atoms with Gasteiger partial charge in [0.05, 0.1) is 22.5 Å². The molecule has 0 amide bonds. The fourth-order valence-corrected chi connectivity index (χ4v) is 2.51. The van der Waals surface area contributed by atoms with E-state index in [4.69, 9.17) is 5.73 Å². The van der Waals surface area contributed by atoms with Gasteiger partial charge in [-0.15, -0.1) is 0 Å². The molecule has 5 nitrogen and oxygen atoms in total. The van der Waals surface area contributed by atoms with Crippen molar-refractivity contribution in [1.29, 1.82) is 0 Å². The quantitative estimate of drug-likeness (QED) is 0.883. The Morgan fingerprint density at radius 1 is 1.17 bits per heavy atom. The molecule has 0 saturated carbocycles. The normalized spacial score (nSPS) is 11.2. The molecule has 18 heavy (non-hydrogen) atoms. The van der Waals surface area contributed by atoms with Crippen LogP contribution in [0, 0.1) is 6.92 Å². The van der Waals surface area contributed by atoms with Gasteiger partial charge in [0.15, 0.2) is 0 Å². The van der Waals surface area contributed by atoms with Crippen LogP contribution in [0.5, 0.6) is 0 Å². The first kappa shape index (κ1) is 12.4. The van der Waals surface area contributed by atoms with Gasteiger partial charge in [-0.1, -0.05) is 17.7 Å². The molecular formula is C12H13N3O2S. The first-order chi connectivity index (χ1) is 8.49. The molecule has 0 aliphatic carbocycles. The van der Waals surface area contributed by atoms with Crippen LogP contribution in [0.4, 0.5) is 11.4 Å². The molecule has 6 heteroatoms. The number of aryl methyl sites for hydroxylation is 1. The number of nitrogens with two attached hydrogens (primary N) is 1. The molecule has 0 unspecified atom stereocenters. The maximum atomic E-state index is 12.1. The Bertz CT molecular complexity index is 651. The van der Waals surface area contributed by atoms with Crippen molar-refractivity contribution in [2.75, 3.05) is 10.5 Å². The minimum absolute atomic E-state index is 0.198. The van der Waals surface area contributed by atoms with Gasteiger partial charge in [-0.3, -0.25) is 9.71 Å². The van der Waals surface area contributed by atoms with Crippen molar-refractivity contribution in [2.45, 2.75) is 11.8 Å². The standard InChI is InChI=1S/C12H13N3O2S/c1-9-2-4-10(5-3-9)18(16,17)15-12-6-7-14-8-11(12)13/h2-8H,13H2,1H3,(H,14,15). The molecule has 2 aromatic rings. The maximum Gasteiger partial charge on any atom is 0.261 e. The Morgan fingerprint density at radius 2 is 1.83 bits per heavy atom. The molecule has 1 aromatic heterocycles. The molecule has 0 radical (unpaired) electrons. The number of sulfonamides is 1. The number of hydrogen-bond acceptors (Lipinski definition) is 4. The van der Waals surface area contributed by atoms with Crippen LogP contribution in [-0.2, 0) is 10.0 Å². The predicted molar refractivity (Wildman–Crippen MR) is 70.6 cm³/mol. The summed E-state index contributed by atoms with van der Waals surface area (Å²) >= 11 is 0. The lowest BCUT2D eigenvalue weighted by molar-refractivity contribution is 0.601. The van der Waals surface area contributed by atoms with Gasteiger partial charge >= 0.3 is 0 Å². The second kappa shape index (κ2) is 4.66. The van der Waals surface area contributed by atoms with Crippen molar-refractivity contribution in [2.24, 2.45) is 0 Å². The third kappa shape index (κ3) is 2.60. The zero-order chi connectivity index (χ0) is 13.2. The monoisotopic (exact) mass is 263 g/mol. The van der Waals surface area contributed by atoms with E-state index in [1.54, 1.807) is 24.3 Å². The van der Waals surface area contributed by atoms with Gasteiger partial charge in [-0.2, -0.15) is 0 Å². The molecule has 1 heterocycles. The number of pyridine rings is 1. The van der Waals surface area contributed by atoms with E-state index in [-0.39, 0.29) is 10.6 Å². The smallest absolute Gasteiger partial charge is 0.261 e. The van der Waals surface area contributed by atoms with Crippen LogP contribution < -0.4 is 10.5 Å². The number of aromatic nitrogens is 1. The highest BCUT2D eigenvalue weighted by Crippen LogP contribution is 2.20. The van der Waals surface area contributed by atoms with Crippen LogP contribution >= 0.6 is 0 Å². The zero-order valence-corrected chi connectivity index (χ0v) is 10.6. The largest absolute Gasteiger partial charge is 0.396 e. The number of nitrogens with one attached hydrogen (secondary N) is 1. The second-order valence-electron chi connectivity index (χ2n) is 3.88. The molecule has 1 aromatic carbocycles. The summed E-state index contributed by atoms with van der Waals surface area (Å²) in [5, 5.41) is 0. The lowest BCUT2D eigenvalue weighted by Crippen LogP contribution is -2.14. The number of nitrogens with zero attached hydrogens (tertiary/aromatic N) is 1. The van der Waals surface area contributed by atoms with E-state index in [0.717, 1.165) is 5.56 Å². The summed E-state index contributed by atoms with van der Waals surface area (Å²) in [5.74, 6) is 0. The van der Waals surface area contributed by atoms with Crippen molar-refractivity contribution in [3.8, 4) is 0 Å². The fraction of sp³-hybridized carbons (Fsp3) is 0.0833. The van der Waals surface area contributed by atoms with E-state index in [0.29, 0.717) is 5.69 Å². The van der Waals surface area contributed by atoms with Gasteiger partial charge in [0.1, 0.15) is 0 Å². The highest BCUT2D eigenvalue weighted by atomic mass is 32.2. The molecule has 0 saturated heterocycles. The van der Waals surface area contributed by atoms with Crippen molar-refractivity contribution in [1.82, 2.24) is 4.98 Å². The Balaban J connectivity index is 2.33. The van der Waals surface area contributed by atoms with Crippen LogP contribution in [0.15, 0.2) is 47.6 Å². The van der Waals surface area contributed by atoms with Gasteiger partial charge in [0, 0.05) is 6.20 Å². The second-order valence-corrected chi connectivity index (χ2v) is 5.56. The molecule has 0 fully saturated rings. The third-order valence-electron chi connectivity index (χ3n) is 2.43. The molecule has 0 atom stereocenters. The Labute approximate surface area is 106 Å². The van der Waals surface area contributed by atoms with Crippen molar-refractivity contribution in [3.05, 3.63) is 48.3 Å². The van der Waals surface area contributed by atoms with E-state index >= 15 is 0 Å². The van der Waals surface area contributed by atoms with Gasteiger partial charge in [-0.05, 0) is 25.1 Å². The van der Waals surface area contributed by atoms with Crippen LogP contribution in [0.2, 0.25) is 0 Å². The minimum Gasteiger partial charge on any atom is -0.396 e. The fourth-order valence-electron chi connectivity index (χ4n) is 1.42. The van der Waals surface area contributed by atoms with Gasteiger partial charge in [0.2, 0.25) is 0 Å². The van der Waals surface area contributed by atoms with E-state index in [9.17, 15) is 8.42 Å². The van der Waals surface area contributed by atoms with Crippen molar-refractivity contribution < 1.29 is 8.42 Å². The van der Waals surface area contributed by atoms with E-state index in [1.807, 2.05) is 6.92 Å². The predicted octanol–water partition coefficient (Wildman–Crippen LogP) is 1.77. The molecular weight excluding hydrogens is 250 g/mol. The van der Waals surface area contributed by atoms with Crippen LogP contribution in [0.1, 0.15) is 5.56 Å². The summed E-state index contributed by atoms with van der Waals surface area (Å²) in [6, 6.07) is 8.10. The zero-order valence-electron chi connectivity index (χ0n) is 9.79. The lowest BCUT2D eigenvalue weighted by Gasteiger charge is -2.09. The molecule has 0 aliphatic rings. The lowest BCUT2D eigenvalue weighted by atomic mass is 10.2.